The summed E-state index contributed by atoms with van der Waals surface area (Å²) in [5.41, 5.74) is 6.89. The lowest BCUT2D eigenvalue weighted by molar-refractivity contribution is 0.539. The molecule has 0 aromatic carbocycles. The predicted molar refractivity (Wildman–Crippen MR) is 61.1 cm³/mol. The molecule has 2 N–H and O–H groups in total. The molecule has 0 unspecified atom stereocenters. The zero-order valence-corrected chi connectivity index (χ0v) is 9.71. The van der Waals surface area contributed by atoms with Crippen LogP contribution in [0.3, 0.4) is 0 Å². The summed E-state index contributed by atoms with van der Waals surface area (Å²) >= 11 is 6.11. The maximum Gasteiger partial charge on any atom is 0.185 e. The molecule has 15 heavy (non-hydrogen) atoms. The molecule has 0 radical (unpaired) electrons. The van der Waals surface area contributed by atoms with Crippen LogP contribution in [-0.2, 0) is 5.41 Å². The summed E-state index contributed by atoms with van der Waals surface area (Å²) < 4.78 is 1.79. The fraction of sp³-hybridized carbons (Fsp3) is 0.400. The highest BCUT2D eigenvalue weighted by atomic mass is 35.5. The van der Waals surface area contributed by atoms with Crippen molar-refractivity contribution in [2.75, 3.05) is 5.73 Å². The van der Waals surface area contributed by atoms with E-state index in [1.165, 1.54) is 0 Å². The van der Waals surface area contributed by atoms with Crippen molar-refractivity contribution >= 4 is 22.9 Å². The van der Waals surface area contributed by atoms with Gasteiger partial charge in [0.1, 0.15) is 11.0 Å². The van der Waals surface area contributed by atoms with Crippen LogP contribution in [0.4, 0.5) is 5.69 Å². The Morgan fingerprint density at radius 3 is 2.53 bits per heavy atom. The van der Waals surface area contributed by atoms with E-state index >= 15 is 0 Å². The summed E-state index contributed by atoms with van der Waals surface area (Å²) in [5.74, 6) is 0.815. The maximum absolute atomic E-state index is 6.11. The van der Waals surface area contributed by atoms with Crippen LogP contribution < -0.4 is 5.73 Å². The van der Waals surface area contributed by atoms with Gasteiger partial charge in [0.05, 0.1) is 5.69 Å². The minimum atomic E-state index is -0.114. The summed E-state index contributed by atoms with van der Waals surface area (Å²) in [6, 6.07) is 3.49. The van der Waals surface area contributed by atoms with Crippen molar-refractivity contribution in [3.63, 3.8) is 0 Å². The van der Waals surface area contributed by atoms with E-state index in [-0.39, 0.29) is 5.41 Å². The van der Waals surface area contributed by atoms with Gasteiger partial charge in [0.2, 0.25) is 0 Å². The number of hydrogen-bond donors (Lipinski definition) is 1. The van der Waals surface area contributed by atoms with Gasteiger partial charge in [-0.05, 0) is 12.1 Å². The number of aromatic nitrogens is 3. The van der Waals surface area contributed by atoms with E-state index in [4.69, 9.17) is 17.3 Å². The average Bonchev–Trinajstić information content (AvgIpc) is 2.55. The summed E-state index contributed by atoms with van der Waals surface area (Å²) in [6.45, 7) is 6.18. The quantitative estimate of drug-likeness (QED) is 0.699. The SMILES string of the molecule is CC(C)(C)c1nnc2c(N)ccc(Cl)n12. The molecule has 2 rings (SSSR count). The Balaban J connectivity index is 2.85. The molecule has 0 aliphatic rings. The number of pyridine rings is 1. The Labute approximate surface area is 93.1 Å². The van der Waals surface area contributed by atoms with Gasteiger partial charge in [0, 0.05) is 5.41 Å². The number of anilines is 1. The number of fused-ring (bicyclic) bond motifs is 1. The first-order valence-corrected chi connectivity index (χ1v) is 5.08. The molecule has 2 aromatic rings. The number of hydrogen-bond acceptors (Lipinski definition) is 3. The molecule has 0 bridgehead atoms. The first-order chi connectivity index (χ1) is 6.91. The first kappa shape index (κ1) is 10.2. The van der Waals surface area contributed by atoms with Crippen LogP contribution in [0.15, 0.2) is 12.1 Å². The minimum Gasteiger partial charge on any atom is -0.396 e. The second kappa shape index (κ2) is 3.10. The molecule has 80 valence electrons. The summed E-state index contributed by atoms with van der Waals surface area (Å²) in [5, 5.41) is 8.76. The molecule has 0 amide bonds. The van der Waals surface area contributed by atoms with Crippen LogP contribution >= 0.6 is 11.6 Å². The lowest BCUT2D eigenvalue weighted by Gasteiger charge is -2.16. The van der Waals surface area contributed by atoms with Crippen LogP contribution in [0.5, 0.6) is 0 Å². The van der Waals surface area contributed by atoms with Gasteiger partial charge < -0.3 is 5.73 Å². The van der Waals surface area contributed by atoms with Crippen molar-refractivity contribution in [1.82, 2.24) is 14.6 Å². The summed E-state index contributed by atoms with van der Waals surface area (Å²) in [6.07, 6.45) is 0. The van der Waals surface area contributed by atoms with Gasteiger partial charge in [-0.2, -0.15) is 0 Å². The third-order valence-corrected chi connectivity index (χ3v) is 2.50. The van der Waals surface area contributed by atoms with Crippen molar-refractivity contribution in [1.29, 1.82) is 0 Å². The first-order valence-electron chi connectivity index (χ1n) is 4.71. The summed E-state index contributed by atoms with van der Waals surface area (Å²) in [7, 11) is 0. The highest BCUT2D eigenvalue weighted by Crippen LogP contribution is 2.26. The van der Waals surface area contributed by atoms with E-state index in [0.717, 1.165) is 5.82 Å². The molecular formula is C10H13ClN4. The molecule has 0 saturated heterocycles. The number of halogens is 1. The molecule has 0 saturated carbocycles. The third kappa shape index (κ3) is 1.55. The highest BCUT2D eigenvalue weighted by molar-refractivity contribution is 6.29. The summed E-state index contributed by atoms with van der Waals surface area (Å²) in [4.78, 5) is 0. The van der Waals surface area contributed by atoms with Gasteiger partial charge in [-0.3, -0.25) is 4.40 Å². The predicted octanol–water partition coefficient (Wildman–Crippen LogP) is 2.26. The standard InChI is InChI=1S/C10H13ClN4/c1-10(2,3)9-14-13-8-6(12)4-5-7(11)15(8)9/h4-5H,12H2,1-3H3. The van der Waals surface area contributed by atoms with E-state index in [1.807, 2.05) is 0 Å². The van der Waals surface area contributed by atoms with Gasteiger partial charge in [-0.15, -0.1) is 10.2 Å². The van der Waals surface area contributed by atoms with Crippen molar-refractivity contribution < 1.29 is 0 Å². The van der Waals surface area contributed by atoms with Crippen molar-refractivity contribution in [2.24, 2.45) is 0 Å². The Kier molecular flexibility index (Phi) is 2.12. The van der Waals surface area contributed by atoms with Crippen molar-refractivity contribution in [3.8, 4) is 0 Å². The monoisotopic (exact) mass is 224 g/mol. The topological polar surface area (TPSA) is 56.2 Å². The molecule has 2 aromatic heterocycles. The molecule has 0 aliphatic heterocycles. The Hall–Kier alpha value is -1.29. The Morgan fingerprint density at radius 1 is 1.27 bits per heavy atom. The lowest BCUT2D eigenvalue weighted by atomic mass is 9.96. The molecule has 0 atom stereocenters. The van der Waals surface area contributed by atoms with E-state index < -0.39 is 0 Å². The number of nitrogens with zero attached hydrogens (tertiary/aromatic N) is 3. The van der Waals surface area contributed by atoms with E-state index in [1.54, 1.807) is 16.5 Å². The average molecular weight is 225 g/mol. The minimum absolute atomic E-state index is 0.114. The second-order valence-electron chi connectivity index (χ2n) is 4.54. The molecule has 0 spiro atoms. The van der Waals surface area contributed by atoms with Crippen LogP contribution in [0.1, 0.15) is 26.6 Å². The molecule has 2 heterocycles. The Morgan fingerprint density at radius 2 is 1.93 bits per heavy atom. The molecule has 4 nitrogen and oxygen atoms in total. The zero-order chi connectivity index (χ0) is 11.2. The Bertz CT molecular complexity index is 510. The molecular weight excluding hydrogens is 212 g/mol. The highest BCUT2D eigenvalue weighted by Gasteiger charge is 2.22. The number of rotatable bonds is 0. The largest absolute Gasteiger partial charge is 0.396 e. The van der Waals surface area contributed by atoms with Crippen molar-refractivity contribution in [3.05, 3.63) is 23.1 Å². The molecule has 0 aliphatic carbocycles. The fourth-order valence-electron chi connectivity index (χ4n) is 1.47. The zero-order valence-electron chi connectivity index (χ0n) is 8.95. The van der Waals surface area contributed by atoms with Crippen molar-refractivity contribution in [2.45, 2.75) is 26.2 Å². The van der Waals surface area contributed by atoms with Gasteiger partial charge in [0.25, 0.3) is 0 Å². The van der Waals surface area contributed by atoms with E-state index in [9.17, 15) is 0 Å². The van der Waals surface area contributed by atoms with Crippen LogP contribution in [0, 0.1) is 0 Å². The van der Waals surface area contributed by atoms with Gasteiger partial charge in [0.15, 0.2) is 5.65 Å². The smallest absolute Gasteiger partial charge is 0.185 e. The fourth-order valence-corrected chi connectivity index (χ4v) is 1.69. The van der Waals surface area contributed by atoms with E-state index in [0.29, 0.717) is 16.5 Å². The number of nitrogen functional groups attached to an aromatic ring is 1. The van der Waals surface area contributed by atoms with Crippen LogP contribution in [0.25, 0.3) is 5.65 Å². The van der Waals surface area contributed by atoms with E-state index in [2.05, 4.69) is 31.0 Å². The third-order valence-electron chi connectivity index (χ3n) is 2.21. The maximum atomic E-state index is 6.11. The van der Waals surface area contributed by atoms with Gasteiger partial charge in [-0.1, -0.05) is 32.4 Å². The van der Waals surface area contributed by atoms with Gasteiger partial charge >= 0.3 is 0 Å². The van der Waals surface area contributed by atoms with Crippen LogP contribution in [-0.4, -0.2) is 14.6 Å². The normalized spacial score (nSPS) is 12.3. The lowest BCUT2D eigenvalue weighted by Crippen LogP contribution is -2.16. The van der Waals surface area contributed by atoms with Crippen LogP contribution in [0.2, 0.25) is 5.15 Å². The molecule has 5 heteroatoms. The van der Waals surface area contributed by atoms with Gasteiger partial charge in [-0.25, -0.2) is 0 Å². The molecule has 0 fully saturated rings. The number of nitrogens with two attached hydrogens (primary N) is 1. The second-order valence-corrected chi connectivity index (χ2v) is 4.93.